The zero-order valence-corrected chi connectivity index (χ0v) is 25.0. The summed E-state index contributed by atoms with van der Waals surface area (Å²) in [7, 11) is 3.05. The Balaban J connectivity index is 1.34. The fraction of sp³-hybridized carbons (Fsp3) is 0.455. The number of carbonyl (C=O) groups excluding carboxylic acids is 2. The van der Waals surface area contributed by atoms with E-state index in [9.17, 15) is 9.59 Å². The van der Waals surface area contributed by atoms with E-state index >= 15 is 0 Å². The minimum absolute atomic E-state index is 0.331. The van der Waals surface area contributed by atoms with E-state index in [1.165, 1.54) is 31.9 Å². The summed E-state index contributed by atoms with van der Waals surface area (Å²) in [6.45, 7) is 5.76. The molecule has 3 heterocycles. The lowest BCUT2D eigenvalue weighted by Gasteiger charge is -2.26. The predicted octanol–water partition coefficient (Wildman–Crippen LogP) is 4.01. The van der Waals surface area contributed by atoms with E-state index in [0.29, 0.717) is 30.1 Å². The van der Waals surface area contributed by atoms with Crippen LogP contribution in [0.15, 0.2) is 42.0 Å². The third kappa shape index (κ3) is 6.19. The maximum absolute atomic E-state index is 13.2. The average Bonchev–Trinajstić information content (AvgIpc) is 3.27. The summed E-state index contributed by atoms with van der Waals surface area (Å²) in [5, 5.41) is 4.45. The molecule has 1 aliphatic carbocycles. The Morgan fingerprint density at radius 3 is 2.60 bits per heavy atom. The molecule has 10 nitrogen and oxygen atoms in total. The second-order valence-electron chi connectivity index (χ2n) is 11.5. The zero-order chi connectivity index (χ0) is 29.8. The van der Waals surface area contributed by atoms with E-state index in [0.717, 1.165) is 79.0 Å². The molecule has 1 aromatic heterocycles. The number of esters is 1. The van der Waals surface area contributed by atoms with Gasteiger partial charge >= 0.3 is 5.97 Å². The molecule has 3 aliphatic rings. The van der Waals surface area contributed by atoms with E-state index in [-0.39, 0.29) is 11.9 Å². The molecule has 1 amide bonds. The Morgan fingerprint density at radius 1 is 1.02 bits per heavy atom. The van der Waals surface area contributed by atoms with Gasteiger partial charge in [0.15, 0.2) is 0 Å². The molecule has 0 unspecified atom stereocenters. The molecular weight excluding hydrogens is 546 g/mol. The normalized spacial score (nSPS) is 17.5. The first-order valence-corrected chi connectivity index (χ1v) is 15.3. The number of amides is 1. The summed E-state index contributed by atoms with van der Waals surface area (Å²) in [6, 6.07) is 11.8. The molecule has 2 aliphatic heterocycles. The molecule has 2 aromatic carbocycles. The van der Waals surface area contributed by atoms with Crippen LogP contribution in [0.1, 0.15) is 59.5 Å². The molecule has 1 saturated carbocycles. The highest BCUT2D eigenvalue weighted by Gasteiger charge is 2.30. The van der Waals surface area contributed by atoms with Gasteiger partial charge < -0.3 is 19.4 Å². The fourth-order valence-corrected chi connectivity index (χ4v) is 6.77. The quantitative estimate of drug-likeness (QED) is 0.196. The minimum Gasteiger partial charge on any atom is -0.497 e. The monoisotopic (exact) mass is 587 g/mol. The number of hydrogen-bond donors (Lipinski definition) is 3. The second-order valence-corrected chi connectivity index (χ2v) is 11.5. The molecule has 0 bridgehead atoms. The van der Waals surface area contributed by atoms with Crippen LogP contribution in [0.2, 0.25) is 0 Å². The number of carbonyl (C=O) groups is 2. The molecule has 6 rings (SSSR count). The molecule has 228 valence electrons. The zero-order valence-electron chi connectivity index (χ0n) is 25.0. The summed E-state index contributed by atoms with van der Waals surface area (Å²) in [5.41, 5.74) is 11.7. The lowest BCUT2D eigenvalue weighted by molar-refractivity contribution is -0.136. The van der Waals surface area contributed by atoms with Gasteiger partial charge in [0, 0.05) is 61.3 Å². The van der Waals surface area contributed by atoms with E-state index in [4.69, 9.17) is 14.4 Å². The van der Waals surface area contributed by atoms with Gasteiger partial charge in [0.1, 0.15) is 5.75 Å². The van der Waals surface area contributed by atoms with Crippen LogP contribution >= 0.6 is 0 Å². The van der Waals surface area contributed by atoms with E-state index in [1.807, 2.05) is 30.3 Å². The fourth-order valence-electron chi connectivity index (χ4n) is 6.77. The first kappa shape index (κ1) is 29.4. The van der Waals surface area contributed by atoms with Gasteiger partial charge in [-0.15, -0.1) is 0 Å². The molecule has 10 heteroatoms. The average molecular weight is 588 g/mol. The molecule has 2 fully saturated rings. The number of benzene rings is 2. The Morgan fingerprint density at radius 2 is 1.84 bits per heavy atom. The molecule has 0 radical (unpaired) electrons. The maximum atomic E-state index is 13.2. The number of methoxy groups -OCH3 is 2. The number of rotatable bonds is 9. The predicted molar refractivity (Wildman–Crippen MR) is 166 cm³/mol. The Hall–Kier alpha value is -3.70. The highest BCUT2D eigenvalue weighted by molar-refractivity contribution is 6.03. The molecule has 3 aromatic rings. The lowest BCUT2D eigenvalue weighted by atomic mass is 9.81. The van der Waals surface area contributed by atoms with E-state index in [2.05, 4.69) is 37.9 Å². The number of hydrogen-bond acceptors (Lipinski definition) is 8. The topological polar surface area (TPSA) is 106 Å². The summed E-state index contributed by atoms with van der Waals surface area (Å²) in [6.07, 6.45) is 7.77. The highest BCUT2D eigenvalue weighted by Crippen LogP contribution is 2.47. The lowest BCUT2D eigenvalue weighted by Crippen LogP contribution is -2.46. The van der Waals surface area contributed by atoms with Crippen molar-refractivity contribution in [1.29, 1.82) is 0 Å². The number of aromatic nitrogens is 1. The van der Waals surface area contributed by atoms with Crippen molar-refractivity contribution in [3.8, 4) is 17.0 Å². The van der Waals surface area contributed by atoms with Gasteiger partial charge in [-0.05, 0) is 66.3 Å². The summed E-state index contributed by atoms with van der Waals surface area (Å²) >= 11 is 0. The van der Waals surface area contributed by atoms with Gasteiger partial charge in [-0.2, -0.15) is 10.4 Å². The highest BCUT2D eigenvalue weighted by atomic mass is 16.8. The van der Waals surface area contributed by atoms with Gasteiger partial charge in [-0.3, -0.25) is 9.69 Å². The van der Waals surface area contributed by atoms with Gasteiger partial charge in [-0.1, -0.05) is 25.3 Å². The molecule has 1 saturated heterocycles. The van der Waals surface area contributed by atoms with Crippen LogP contribution in [-0.2, 0) is 21.0 Å². The van der Waals surface area contributed by atoms with Crippen molar-refractivity contribution >= 4 is 28.9 Å². The summed E-state index contributed by atoms with van der Waals surface area (Å²) < 4.78 is 12.9. The van der Waals surface area contributed by atoms with Crippen molar-refractivity contribution < 1.29 is 24.0 Å². The van der Waals surface area contributed by atoms with Crippen molar-refractivity contribution in [2.75, 3.05) is 53.5 Å². The SMILES string of the molecule is COC(=O)C1=Cc2cc(OC)ccc2-c2c(C3CCCCC3)c3ccc(C(=O)NONCCN4CCNCC4)cc3n2C1. The molecule has 43 heavy (non-hydrogen) atoms. The van der Waals surface area contributed by atoms with Crippen LogP contribution in [0.4, 0.5) is 0 Å². The standard InChI is InChI=1S/C33H41N5O5/c1-41-26-9-11-27-24(19-26)18-25(33(40)42-2)21-38-29-20-23(32(39)36-43-35-14-17-37-15-12-34-13-16-37)8-10-28(29)30(31(27)38)22-6-4-3-5-7-22/h8-11,18-20,22,34-35H,3-7,12-17,21H2,1-2H3,(H,36,39). The number of hydroxylamine groups is 2. The van der Waals surface area contributed by atoms with Crippen molar-refractivity contribution in [2.24, 2.45) is 0 Å². The number of nitrogens with one attached hydrogen (secondary N) is 3. The minimum atomic E-state index is -0.378. The van der Waals surface area contributed by atoms with Crippen molar-refractivity contribution in [1.82, 2.24) is 25.7 Å². The van der Waals surface area contributed by atoms with Crippen LogP contribution in [0, 0.1) is 0 Å². The Labute approximate surface area is 252 Å². The van der Waals surface area contributed by atoms with Crippen LogP contribution in [-0.4, -0.2) is 74.8 Å². The molecule has 0 atom stereocenters. The second kappa shape index (κ2) is 13.3. The van der Waals surface area contributed by atoms with Crippen LogP contribution in [0.25, 0.3) is 28.2 Å². The van der Waals surface area contributed by atoms with Gasteiger partial charge in [0.2, 0.25) is 0 Å². The van der Waals surface area contributed by atoms with Crippen molar-refractivity contribution in [3.05, 3.63) is 58.7 Å². The summed E-state index contributed by atoms with van der Waals surface area (Å²) in [5.74, 6) is 0.402. The number of ether oxygens (including phenoxy) is 2. The van der Waals surface area contributed by atoms with Crippen LogP contribution < -0.4 is 21.0 Å². The number of nitrogens with zero attached hydrogens (tertiary/aromatic N) is 2. The van der Waals surface area contributed by atoms with E-state index < -0.39 is 0 Å². The molecule has 0 spiro atoms. The van der Waals surface area contributed by atoms with Gasteiger partial charge in [-0.25, -0.2) is 10.3 Å². The molecule has 3 N–H and O–H groups in total. The third-order valence-electron chi connectivity index (χ3n) is 8.95. The third-order valence-corrected chi connectivity index (χ3v) is 8.95. The summed E-state index contributed by atoms with van der Waals surface area (Å²) in [4.78, 5) is 33.8. The number of fused-ring (bicyclic) bond motifs is 5. The van der Waals surface area contributed by atoms with E-state index in [1.54, 1.807) is 7.11 Å². The van der Waals surface area contributed by atoms with Crippen molar-refractivity contribution in [3.63, 3.8) is 0 Å². The Kier molecular flexibility index (Phi) is 9.08. The van der Waals surface area contributed by atoms with Crippen LogP contribution in [0.3, 0.4) is 0 Å². The largest absolute Gasteiger partial charge is 0.497 e. The van der Waals surface area contributed by atoms with Gasteiger partial charge in [0.05, 0.1) is 32.0 Å². The maximum Gasteiger partial charge on any atom is 0.335 e. The Bertz CT molecular complexity index is 1520. The first-order valence-electron chi connectivity index (χ1n) is 15.3. The smallest absolute Gasteiger partial charge is 0.335 e. The first-order chi connectivity index (χ1) is 21.1. The van der Waals surface area contributed by atoms with Crippen molar-refractivity contribution in [2.45, 2.75) is 44.6 Å². The number of piperazine rings is 1. The molecular formula is C33H41N5O5. The van der Waals surface area contributed by atoms with Crippen LogP contribution in [0.5, 0.6) is 5.75 Å². The van der Waals surface area contributed by atoms with Gasteiger partial charge in [0.25, 0.3) is 5.91 Å².